The molecule has 1 saturated carbocycles. The first-order valence-corrected chi connectivity index (χ1v) is 18.5. The predicted molar refractivity (Wildman–Crippen MR) is 144 cm³/mol. The van der Waals surface area contributed by atoms with Gasteiger partial charge >= 0.3 is 31.2 Å². The maximum Gasteiger partial charge on any atom is 0.397 e. The number of amides is 2. The van der Waals surface area contributed by atoms with Crippen LogP contribution in [0.15, 0.2) is 0 Å². The molecule has 0 unspecified atom stereocenters. The summed E-state index contributed by atoms with van der Waals surface area (Å²) in [4.78, 5) is 26.2. The van der Waals surface area contributed by atoms with Crippen LogP contribution in [0.25, 0.3) is 0 Å². The average molecular weight is 739 g/mol. The molecular weight excluding hydrogens is 704 g/mol. The van der Waals surface area contributed by atoms with Crippen LogP contribution in [0.5, 0.6) is 0 Å². The van der Waals surface area contributed by atoms with Crippen molar-refractivity contribution in [3.05, 3.63) is 0 Å². The lowest BCUT2D eigenvalue weighted by molar-refractivity contribution is -0.282. The van der Waals surface area contributed by atoms with Crippen LogP contribution in [-0.4, -0.2) is 145 Å². The monoisotopic (exact) mass is 738 g/mol. The van der Waals surface area contributed by atoms with Crippen molar-refractivity contribution in [3.63, 3.8) is 0 Å². The van der Waals surface area contributed by atoms with E-state index in [-0.39, 0.29) is 6.04 Å². The minimum atomic E-state index is -5.57. The fraction of sp³-hybridized carbons (Fsp3) is 0.895. The molecule has 1 aliphatic heterocycles. The molecule has 22 nitrogen and oxygen atoms in total. The lowest BCUT2D eigenvalue weighted by Gasteiger charge is -2.42. The second-order valence-corrected chi connectivity index (χ2v) is 14.5. The third-order valence-electron chi connectivity index (χ3n) is 6.31. The van der Waals surface area contributed by atoms with Crippen LogP contribution < -0.4 is 5.32 Å². The van der Waals surface area contributed by atoms with Crippen molar-refractivity contribution in [1.29, 1.82) is 0 Å². The van der Waals surface area contributed by atoms with Crippen molar-refractivity contribution in [3.8, 4) is 0 Å². The van der Waals surface area contributed by atoms with E-state index in [0.717, 1.165) is 31.3 Å². The molecule has 1 heterocycles. The number of methoxy groups -OCH3 is 1. The molecule has 1 saturated heterocycles. The molecular formula is C19H34N2O20S4. The highest BCUT2D eigenvalue weighted by Crippen LogP contribution is 2.31. The van der Waals surface area contributed by atoms with E-state index < -0.39 is 116 Å². The molecule has 2 aliphatic rings. The normalized spacial score (nSPS) is 25.5. The van der Waals surface area contributed by atoms with Gasteiger partial charge in [0.1, 0.15) is 24.9 Å². The quantitative estimate of drug-likeness (QED) is 0.0935. The number of hydrogen-bond acceptors (Lipinski definition) is 16. The first-order chi connectivity index (χ1) is 20.6. The average Bonchev–Trinajstić information content (AvgIpc) is 2.87. The highest BCUT2D eigenvalue weighted by molar-refractivity contribution is 7.85. The van der Waals surface area contributed by atoms with Gasteiger partial charge in [-0.15, -0.1) is 0 Å². The second kappa shape index (κ2) is 16.4. The van der Waals surface area contributed by atoms with Crippen LogP contribution in [0, 0.1) is 0 Å². The van der Waals surface area contributed by atoms with E-state index in [4.69, 9.17) is 23.3 Å². The van der Waals surface area contributed by atoms with Gasteiger partial charge in [-0.3, -0.25) is 27.8 Å². The van der Waals surface area contributed by atoms with Crippen molar-refractivity contribution >= 4 is 53.1 Å². The number of ether oxygens (including phenoxy) is 3. The van der Waals surface area contributed by atoms with E-state index >= 15 is 0 Å². The van der Waals surface area contributed by atoms with Crippen LogP contribution in [-0.2, 0) is 77.7 Å². The van der Waals surface area contributed by atoms with Crippen molar-refractivity contribution in [1.82, 2.24) is 10.2 Å². The first-order valence-electron chi connectivity index (χ1n) is 12.8. The lowest BCUT2D eigenvalue weighted by atomic mass is 9.95. The minimum Gasteiger partial charge on any atom is -0.369 e. The molecule has 0 aromatic heterocycles. The SMILES string of the molecule is CO[C@H]1O[C@@H](COCC(=O)N(CCS(=O)(=O)O)CC(=O)NC2CCCCC2)[C@@H](OS(=O)(=O)O)[C@H](OS(=O)(=O)O)[C@H]1OS(=O)(=O)O. The lowest BCUT2D eigenvalue weighted by Crippen LogP contribution is -2.62. The maximum absolute atomic E-state index is 12.9. The van der Waals surface area contributed by atoms with E-state index in [1.165, 1.54) is 0 Å². The van der Waals surface area contributed by atoms with E-state index in [0.29, 0.717) is 12.8 Å². The van der Waals surface area contributed by atoms with Crippen molar-refractivity contribution < 1.29 is 88.2 Å². The standard InChI is InChI=1S/C19H34N2O20S4/c1-36-19-18(41-45(33,34)35)17(40-44(30,31)32)16(39-43(27,28)29)13(38-19)10-37-11-15(23)21(7-8-42(24,25)26)9-14(22)20-12-5-3-2-4-6-12/h12-13,16-19H,2-11H2,1H3,(H,20,22)(H,24,25,26)(H,27,28,29)(H,30,31,32)(H,33,34,35)/t13-,16+,17-,18+,19-/m0/s1. The third kappa shape index (κ3) is 15.2. The Morgan fingerprint density at radius 2 is 1.36 bits per heavy atom. The molecule has 264 valence electrons. The molecule has 5 N–H and O–H groups in total. The Bertz CT molecular complexity index is 1440. The number of hydrogen-bond donors (Lipinski definition) is 5. The van der Waals surface area contributed by atoms with Gasteiger partial charge in [0.05, 0.1) is 18.9 Å². The Morgan fingerprint density at radius 3 is 1.87 bits per heavy atom. The first kappa shape index (κ1) is 39.5. The summed E-state index contributed by atoms with van der Waals surface area (Å²) < 4.78 is 156. The molecule has 1 aliphatic carbocycles. The second-order valence-electron chi connectivity index (χ2n) is 9.76. The molecule has 0 aromatic carbocycles. The maximum atomic E-state index is 12.9. The van der Waals surface area contributed by atoms with Crippen molar-refractivity contribution in [2.24, 2.45) is 0 Å². The minimum absolute atomic E-state index is 0.163. The number of nitrogens with one attached hydrogen (secondary N) is 1. The fourth-order valence-electron chi connectivity index (χ4n) is 4.52. The summed E-state index contributed by atoms with van der Waals surface area (Å²) in [7, 11) is -20.3. The van der Waals surface area contributed by atoms with E-state index in [9.17, 15) is 52.4 Å². The highest BCUT2D eigenvalue weighted by Gasteiger charge is 2.53. The topological polar surface area (TPSA) is 322 Å². The Labute approximate surface area is 259 Å². The molecule has 0 bridgehead atoms. The molecule has 2 fully saturated rings. The number of rotatable bonds is 17. The molecule has 26 heteroatoms. The van der Waals surface area contributed by atoms with Crippen molar-refractivity contribution in [2.45, 2.75) is 68.9 Å². The highest BCUT2D eigenvalue weighted by atomic mass is 32.3. The number of carbonyl (C=O) groups excluding carboxylic acids is 2. The van der Waals surface area contributed by atoms with Gasteiger partial charge in [0.15, 0.2) is 12.4 Å². The van der Waals surface area contributed by atoms with Gasteiger partial charge in [-0.2, -0.15) is 33.7 Å². The third-order valence-corrected chi connectivity index (χ3v) is 8.40. The van der Waals surface area contributed by atoms with Gasteiger partial charge in [-0.25, -0.2) is 12.5 Å². The van der Waals surface area contributed by atoms with Crippen LogP contribution >= 0.6 is 0 Å². The zero-order chi connectivity index (χ0) is 34.2. The van der Waals surface area contributed by atoms with Crippen LogP contribution in [0.2, 0.25) is 0 Å². The molecule has 0 spiro atoms. The molecule has 2 amide bonds. The Hall–Kier alpha value is -1.66. The molecule has 0 radical (unpaired) electrons. The molecule has 2 rings (SSSR count). The Balaban J connectivity index is 2.25. The largest absolute Gasteiger partial charge is 0.397 e. The van der Waals surface area contributed by atoms with Crippen LogP contribution in [0.3, 0.4) is 0 Å². The van der Waals surface area contributed by atoms with Crippen molar-refractivity contribution in [2.75, 3.05) is 39.2 Å². The van der Waals surface area contributed by atoms with Crippen LogP contribution in [0.4, 0.5) is 0 Å². The molecule has 5 atom stereocenters. The smallest absolute Gasteiger partial charge is 0.369 e. The van der Waals surface area contributed by atoms with E-state index in [1.807, 2.05) is 0 Å². The van der Waals surface area contributed by atoms with E-state index in [2.05, 4.69) is 17.9 Å². The molecule has 0 aromatic rings. The Kier molecular flexibility index (Phi) is 14.4. The Morgan fingerprint density at radius 1 is 0.822 bits per heavy atom. The van der Waals surface area contributed by atoms with E-state index in [1.54, 1.807) is 0 Å². The van der Waals surface area contributed by atoms with Crippen LogP contribution in [0.1, 0.15) is 32.1 Å². The summed E-state index contributed by atoms with van der Waals surface area (Å²) in [6.45, 7) is -3.24. The number of carbonyl (C=O) groups is 2. The summed E-state index contributed by atoms with van der Waals surface area (Å²) in [5, 5.41) is 2.72. The van der Waals surface area contributed by atoms with Gasteiger partial charge in [0, 0.05) is 19.7 Å². The summed E-state index contributed by atoms with van der Waals surface area (Å²) in [6, 6.07) is -0.163. The summed E-state index contributed by atoms with van der Waals surface area (Å²) in [5.41, 5.74) is 0. The number of nitrogens with zero attached hydrogens (tertiary/aromatic N) is 1. The van der Waals surface area contributed by atoms with Gasteiger partial charge in [0.25, 0.3) is 10.1 Å². The molecule has 45 heavy (non-hydrogen) atoms. The fourth-order valence-corrected chi connectivity index (χ4v) is 6.46. The van der Waals surface area contributed by atoms with Gasteiger partial charge < -0.3 is 24.4 Å². The zero-order valence-corrected chi connectivity index (χ0v) is 26.7. The van der Waals surface area contributed by atoms with Gasteiger partial charge in [-0.1, -0.05) is 19.3 Å². The summed E-state index contributed by atoms with van der Waals surface area (Å²) in [6.07, 6.45) is -7.23. The zero-order valence-electron chi connectivity index (χ0n) is 23.4. The summed E-state index contributed by atoms with van der Waals surface area (Å²) in [5.74, 6) is -2.62. The summed E-state index contributed by atoms with van der Waals surface area (Å²) >= 11 is 0. The van der Waals surface area contributed by atoms with Gasteiger partial charge in [-0.05, 0) is 12.8 Å². The predicted octanol–water partition coefficient (Wildman–Crippen LogP) is -2.90. The van der Waals surface area contributed by atoms with Gasteiger partial charge in [0.2, 0.25) is 11.8 Å².